The number of nitrogens with zero attached hydrogens (tertiary/aromatic N) is 2. The molecule has 0 fully saturated rings. The quantitative estimate of drug-likeness (QED) is 0.818. The molecule has 0 unspecified atom stereocenters. The molecule has 0 saturated heterocycles. The lowest BCUT2D eigenvalue weighted by Crippen LogP contribution is -2.35. The predicted octanol–water partition coefficient (Wildman–Crippen LogP) is 2.72. The molecule has 2 aromatic rings. The molecule has 0 saturated carbocycles. The van der Waals surface area contributed by atoms with E-state index in [0.29, 0.717) is 17.8 Å². The monoisotopic (exact) mass is 285 g/mol. The highest BCUT2D eigenvalue weighted by Gasteiger charge is 2.24. The molecule has 1 aromatic heterocycles. The van der Waals surface area contributed by atoms with Crippen LogP contribution in [-0.2, 0) is 0 Å². The molecule has 2 N–H and O–H groups in total. The second-order valence-electron chi connectivity index (χ2n) is 4.72. The van der Waals surface area contributed by atoms with Gasteiger partial charge in [-0.05, 0) is 37.3 Å². The van der Waals surface area contributed by atoms with Crippen molar-refractivity contribution in [3.05, 3.63) is 47.8 Å². The summed E-state index contributed by atoms with van der Waals surface area (Å²) in [6.45, 7) is 2.58. The first kappa shape index (κ1) is 13.0. The van der Waals surface area contributed by atoms with Crippen LogP contribution in [0.15, 0.2) is 41.4 Å². The Morgan fingerprint density at radius 1 is 1.35 bits per heavy atom. The van der Waals surface area contributed by atoms with Crippen LogP contribution in [0.1, 0.15) is 16.1 Å². The van der Waals surface area contributed by atoms with Crippen LogP contribution in [0.5, 0.6) is 0 Å². The molecule has 102 valence electrons. The second-order valence-corrected chi connectivity index (χ2v) is 5.86. The molecule has 4 nitrogen and oxygen atoms in total. The minimum absolute atomic E-state index is 0.00245. The van der Waals surface area contributed by atoms with Gasteiger partial charge in [-0.15, -0.1) is 11.8 Å². The van der Waals surface area contributed by atoms with Crippen LogP contribution in [0.4, 0.5) is 11.4 Å². The first-order valence-corrected chi connectivity index (χ1v) is 7.40. The van der Waals surface area contributed by atoms with Gasteiger partial charge >= 0.3 is 0 Å². The van der Waals surface area contributed by atoms with Gasteiger partial charge in [0.05, 0.1) is 5.69 Å². The van der Waals surface area contributed by atoms with Crippen LogP contribution < -0.4 is 10.6 Å². The number of pyridine rings is 1. The maximum absolute atomic E-state index is 12.7. The number of fused-ring (bicyclic) bond motifs is 1. The Morgan fingerprint density at radius 2 is 2.20 bits per heavy atom. The van der Waals surface area contributed by atoms with Gasteiger partial charge in [0.1, 0.15) is 0 Å². The van der Waals surface area contributed by atoms with E-state index in [0.717, 1.165) is 22.0 Å². The molecular weight excluding hydrogens is 270 g/mol. The fourth-order valence-corrected chi connectivity index (χ4v) is 3.26. The summed E-state index contributed by atoms with van der Waals surface area (Å²) in [5.74, 6) is 0.898. The molecule has 2 heterocycles. The maximum atomic E-state index is 12.7. The van der Waals surface area contributed by atoms with Gasteiger partial charge in [0, 0.05) is 40.3 Å². The Labute approximate surface area is 122 Å². The standard InChI is InChI=1S/C15H15N3OS/c1-10-8-11(4-5-17-10)15(19)18-6-7-20-14-3-2-12(16)9-13(14)18/h2-5,8-9H,6-7,16H2,1H3. The molecule has 0 atom stereocenters. The number of carbonyl (C=O) groups excluding carboxylic acids is 1. The Kier molecular flexibility index (Phi) is 3.36. The van der Waals surface area contributed by atoms with Gasteiger partial charge in [-0.25, -0.2) is 0 Å². The fourth-order valence-electron chi connectivity index (χ4n) is 2.28. The van der Waals surface area contributed by atoms with Crippen molar-refractivity contribution in [1.29, 1.82) is 0 Å². The van der Waals surface area contributed by atoms with E-state index >= 15 is 0 Å². The average Bonchev–Trinajstić information content (AvgIpc) is 2.46. The van der Waals surface area contributed by atoms with Gasteiger partial charge in [-0.2, -0.15) is 0 Å². The summed E-state index contributed by atoms with van der Waals surface area (Å²) in [6.07, 6.45) is 1.67. The lowest BCUT2D eigenvalue weighted by molar-refractivity contribution is 0.0987. The topological polar surface area (TPSA) is 59.2 Å². The third-order valence-electron chi connectivity index (χ3n) is 3.24. The molecule has 5 heteroatoms. The van der Waals surface area contributed by atoms with Crippen LogP contribution >= 0.6 is 11.8 Å². The third-order valence-corrected chi connectivity index (χ3v) is 4.28. The first-order chi connectivity index (χ1) is 9.65. The lowest BCUT2D eigenvalue weighted by atomic mass is 10.1. The smallest absolute Gasteiger partial charge is 0.258 e. The van der Waals surface area contributed by atoms with Crippen molar-refractivity contribution in [3.8, 4) is 0 Å². The zero-order valence-corrected chi connectivity index (χ0v) is 12.0. The van der Waals surface area contributed by atoms with Crippen LogP contribution in [0.2, 0.25) is 0 Å². The molecule has 1 aliphatic rings. The van der Waals surface area contributed by atoms with Crippen molar-refractivity contribution in [2.24, 2.45) is 0 Å². The number of aryl methyl sites for hydroxylation is 1. The van der Waals surface area contributed by atoms with E-state index in [2.05, 4.69) is 4.98 Å². The summed E-state index contributed by atoms with van der Waals surface area (Å²) in [6, 6.07) is 9.29. The van der Waals surface area contributed by atoms with E-state index < -0.39 is 0 Å². The second kappa shape index (κ2) is 5.17. The van der Waals surface area contributed by atoms with Gasteiger partial charge in [0.2, 0.25) is 0 Å². The van der Waals surface area contributed by atoms with Crippen molar-refractivity contribution in [3.63, 3.8) is 0 Å². The normalized spacial score (nSPS) is 13.9. The van der Waals surface area contributed by atoms with E-state index in [1.807, 2.05) is 31.2 Å². The summed E-state index contributed by atoms with van der Waals surface area (Å²) < 4.78 is 0. The highest BCUT2D eigenvalue weighted by molar-refractivity contribution is 7.99. The highest BCUT2D eigenvalue weighted by Crippen LogP contribution is 2.36. The molecular formula is C15H15N3OS. The Hall–Kier alpha value is -2.01. The third kappa shape index (κ3) is 2.36. The highest BCUT2D eigenvalue weighted by atomic mass is 32.2. The van der Waals surface area contributed by atoms with Crippen molar-refractivity contribution in [1.82, 2.24) is 4.98 Å². The number of hydrogen-bond acceptors (Lipinski definition) is 4. The number of carbonyl (C=O) groups is 1. The molecule has 1 aliphatic heterocycles. The summed E-state index contributed by atoms with van der Waals surface area (Å²) in [4.78, 5) is 19.7. The number of anilines is 2. The minimum atomic E-state index is 0.00245. The molecule has 0 bridgehead atoms. The van der Waals surface area contributed by atoms with E-state index in [4.69, 9.17) is 5.73 Å². The number of hydrogen-bond donors (Lipinski definition) is 1. The van der Waals surface area contributed by atoms with Crippen molar-refractivity contribution in [2.75, 3.05) is 22.9 Å². The summed E-state index contributed by atoms with van der Waals surface area (Å²) in [5.41, 5.74) is 8.94. The van der Waals surface area contributed by atoms with E-state index in [1.54, 1.807) is 28.9 Å². The summed E-state index contributed by atoms with van der Waals surface area (Å²) >= 11 is 1.76. The molecule has 0 aliphatic carbocycles. The molecule has 1 amide bonds. The zero-order chi connectivity index (χ0) is 14.1. The lowest BCUT2D eigenvalue weighted by Gasteiger charge is -2.29. The molecule has 0 spiro atoms. The SMILES string of the molecule is Cc1cc(C(=O)N2CCSc3ccc(N)cc32)ccn1. The molecule has 3 rings (SSSR count). The van der Waals surface area contributed by atoms with Crippen LogP contribution in [0, 0.1) is 6.92 Å². The van der Waals surface area contributed by atoms with E-state index in [1.165, 1.54) is 0 Å². The number of nitrogen functional groups attached to an aromatic ring is 1. The van der Waals surface area contributed by atoms with Crippen molar-refractivity contribution in [2.45, 2.75) is 11.8 Å². The number of benzene rings is 1. The minimum Gasteiger partial charge on any atom is -0.399 e. The Balaban J connectivity index is 2.00. The first-order valence-electron chi connectivity index (χ1n) is 6.42. The Bertz CT molecular complexity index is 672. The number of aromatic nitrogens is 1. The van der Waals surface area contributed by atoms with Crippen molar-refractivity contribution < 1.29 is 4.79 Å². The van der Waals surface area contributed by atoms with E-state index in [9.17, 15) is 4.79 Å². The average molecular weight is 285 g/mol. The molecule has 1 aromatic carbocycles. The van der Waals surface area contributed by atoms with E-state index in [-0.39, 0.29) is 5.91 Å². The largest absolute Gasteiger partial charge is 0.399 e. The summed E-state index contributed by atoms with van der Waals surface area (Å²) in [5, 5.41) is 0. The zero-order valence-electron chi connectivity index (χ0n) is 11.2. The van der Waals surface area contributed by atoms with Gasteiger partial charge < -0.3 is 10.6 Å². The molecule has 20 heavy (non-hydrogen) atoms. The van der Waals surface area contributed by atoms with Crippen LogP contribution in [-0.4, -0.2) is 23.2 Å². The number of amides is 1. The van der Waals surface area contributed by atoms with Gasteiger partial charge in [0.15, 0.2) is 0 Å². The number of thioether (sulfide) groups is 1. The van der Waals surface area contributed by atoms with Gasteiger partial charge in [0.25, 0.3) is 5.91 Å². The van der Waals surface area contributed by atoms with Crippen LogP contribution in [0.3, 0.4) is 0 Å². The predicted molar refractivity (Wildman–Crippen MR) is 82.2 cm³/mol. The van der Waals surface area contributed by atoms with Gasteiger partial charge in [-0.1, -0.05) is 0 Å². The van der Waals surface area contributed by atoms with Crippen LogP contribution in [0.25, 0.3) is 0 Å². The van der Waals surface area contributed by atoms with Crippen molar-refractivity contribution >= 4 is 29.0 Å². The Morgan fingerprint density at radius 3 is 3.00 bits per heavy atom. The fraction of sp³-hybridized carbons (Fsp3) is 0.200. The summed E-state index contributed by atoms with van der Waals surface area (Å²) in [7, 11) is 0. The number of nitrogens with two attached hydrogens (primary N) is 1. The van der Waals surface area contributed by atoms with Gasteiger partial charge in [-0.3, -0.25) is 9.78 Å². The molecule has 0 radical (unpaired) electrons. The number of rotatable bonds is 1. The maximum Gasteiger partial charge on any atom is 0.258 e.